The van der Waals surface area contributed by atoms with E-state index >= 15 is 0 Å². The summed E-state index contributed by atoms with van der Waals surface area (Å²) in [5.41, 5.74) is 18.7. The van der Waals surface area contributed by atoms with Crippen molar-refractivity contribution in [2.24, 2.45) is 0 Å². The van der Waals surface area contributed by atoms with Gasteiger partial charge < -0.3 is 18.7 Å². The lowest BCUT2D eigenvalue weighted by Crippen LogP contribution is -2.60. The molecular formula is C50H34BN3O. The van der Waals surface area contributed by atoms with Crippen LogP contribution in [0.2, 0.25) is 0 Å². The first-order valence-electron chi connectivity index (χ1n) is 19.1. The van der Waals surface area contributed by atoms with Crippen molar-refractivity contribution in [1.29, 1.82) is 0 Å². The van der Waals surface area contributed by atoms with Crippen LogP contribution in [0, 0.1) is 13.8 Å². The van der Waals surface area contributed by atoms with Crippen LogP contribution in [0.4, 0.5) is 28.4 Å². The minimum absolute atomic E-state index is 0.0859. The Morgan fingerprint density at radius 1 is 0.491 bits per heavy atom. The Morgan fingerprint density at radius 3 is 1.98 bits per heavy atom. The summed E-state index contributed by atoms with van der Waals surface area (Å²) in [4.78, 5) is 5.00. The van der Waals surface area contributed by atoms with Gasteiger partial charge in [-0.05, 0) is 96.6 Å². The Morgan fingerprint density at radius 2 is 1.20 bits per heavy atom. The Kier molecular flexibility index (Phi) is 6.24. The van der Waals surface area contributed by atoms with Gasteiger partial charge >= 0.3 is 6.85 Å². The SMILES string of the molecule is Cc1ccc(N2B3c4c(cc(N(c5ccccc5)c5ccccc5)cc4-n4c5ccccc5c5cccc3c54)-c3cc4c(cc32)oc2ccccc24)c(C)c1. The molecule has 0 bridgehead atoms. The highest BCUT2D eigenvalue weighted by Gasteiger charge is 2.45. The quantitative estimate of drug-likeness (QED) is 0.171. The van der Waals surface area contributed by atoms with Crippen LogP contribution in [0.3, 0.4) is 0 Å². The third-order valence-electron chi connectivity index (χ3n) is 11.9. The van der Waals surface area contributed by atoms with E-state index in [9.17, 15) is 0 Å². The lowest BCUT2D eigenvalue weighted by Gasteiger charge is -2.43. The molecule has 2 aromatic heterocycles. The van der Waals surface area contributed by atoms with Gasteiger partial charge in [0.05, 0.1) is 11.0 Å². The van der Waals surface area contributed by atoms with E-state index in [0.717, 1.165) is 44.7 Å². The number of nitrogens with zero attached hydrogens (tertiary/aromatic N) is 3. The van der Waals surface area contributed by atoms with E-state index in [4.69, 9.17) is 4.42 Å². The topological polar surface area (TPSA) is 24.6 Å². The van der Waals surface area contributed by atoms with E-state index in [-0.39, 0.29) is 6.85 Å². The molecule has 258 valence electrons. The minimum atomic E-state index is -0.0859. The molecule has 0 spiro atoms. The fourth-order valence-corrected chi connectivity index (χ4v) is 9.65. The van der Waals surface area contributed by atoms with Crippen molar-refractivity contribution in [2.45, 2.75) is 13.8 Å². The van der Waals surface area contributed by atoms with Crippen molar-refractivity contribution >= 4 is 90.0 Å². The molecule has 0 fully saturated rings. The average molecular weight is 704 g/mol. The average Bonchev–Trinajstić information content (AvgIpc) is 3.76. The van der Waals surface area contributed by atoms with Gasteiger partial charge in [-0.1, -0.05) is 109 Å². The van der Waals surface area contributed by atoms with Crippen molar-refractivity contribution in [3.63, 3.8) is 0 Å². The molecule has 2 aliphatic heterocycles. The van der Waals surface area contributed by atoms with Crippen molar-refractivity contribution in [2.75, 3.05) is 9.71 Å². The molecule has 12 rings (SSSR count). The van der Waals surface area contributed by atoms with Crippen LogP contribution in [0.25, 0.3) is 60.6 Å². The fraction of sp³-hybridized carbons (Fsp3) is 0.0400. The van der Waals surface area contributed by atoms with Gasteiger partial charge in [-0.2, -0.15) is 0 Å². The number of hydrogen-bond acceptors (Lipinski definition) is 3. The molecule has 0 atom stereocenters. The zero-order chi connectivity index (χ0) is 36.4. The van der Waals surface area contributed by atoms with Gasteiger partial charge in [0.2, 0.25) is 0 Å². The number of aryl methyl sites for hydroxylation is 2. The van der Waals surface area contributed by atoms with Crippen molar-refractivity contribution in [1.82, 2.24) is 4.57 Å². The second kappa shape index (κ2) is 11.3. The molecule has 8 aromatic carbocycles. The van der Waals surface area contributed by atoms with Gasteiger partial charge in [0, 0.05) is 67.3 Å². The Labute approximate surface area is 319 Å². The van der Waals surface area contributed by atoms with Crippen LogP contribution < -0.4 is 20.6 Å². The number of anilines is 5. The number of para-hydroxylation sites is 5. The summed E-state index contributed by atoms with van der Waals surface area (Å²) < 4.78 is 9.18. The molecule has 10 aromatic rings. The highest BCUT2D eigenvalue weighted by atomic mass is 16.3. The van der Waals surface area contributed by atoms with E-state index in [0.29, 0.717) is 0 Å². The smallest absolute Gasteiger partial charge is 0.333 e. The number of aromatic nitrogens is 1. The monoisotopic (exact) mass is 703 g/mol. The lowest BCUT2D eigenvalue weighted by molar-refractivity contribution is 0.669. The first-order valence-corrected chi connectivity index (χ1v) is 19.1. The molecule has 0 N–H and O–H groups in total. The van der Waals surface area contributed by atoms with E-state index in [1.54, 1.807) is 0 Å². The molecule has 4 nitrogen and oxygen atoms in total. The summed E-state index contributed by atoms with van der Waals surface area (Å²) in [5.74, 6) is 0. The first kappa shape index (κ1) is 30.5. The largest absolute Gasteiger partial charge is 0.456 e. The van der Waals surface area contributed by atoms with Crippen molar-refractivity contribution < 1.29 is 4.42 Å². The van der Waals surface area contributed by atoms with Crippen LogP contribution in [-0.4, -0.2) is 11.4 Å². The molecule has 0 aliphatic carbocycles. The molecule has 0 saturated heterocycles. The normalized spacial score (nSPS) is 12.8. The van der Waals surface area contributed by atoms with Crippen LogP contribution in [0.5, 0.6) is 0 Å². The maximum absolute atomic E-state index is 6.64. The van der Waals surface area contributed by atoms with Gasteiger partial charge in [-0.15, -0.1) is 0 Å². The summed E-state index contributed by atoms with van der Waals surface area (Å²) >= 11 is 0. The molecule has 0 unspecified atom stereocenters. The minimum Gasteiger partial charge on any atom is -0.456 e. The third-order valence-corrected chi connectivity index (χ3v) is 11.9. The molecule has 2 aliphatic rings. The van der Waals surface area contributed by atoms with E-state index in [2.05, 4.69) is 198 Å². The summed E-state index contributed by atoms with van der Waals surface area (Å²) in [7, 11) is 0. The molecule has 0 saturated carbocycles. The molecule has 55 heavy (non-hydrogen) atoms. The van der Waals surface area contributed by atoms with Gasteiger partial charge in [0.1, 0.15) is 11.2 Å². The molecular weight excluding hydrogens is 669 g/mol. The summed E-state index contributed by atoms with van der Waals surface area (Å²) in [6, 6.07) is 62.1. The predicted octanol–water partition coefficient (Wildman–Crippen LogP) is 12.0. The predicted molar refractivity (Wildman–Crippen MR) is 231 cm³/mol. The number of rotatable bonds is 4. The number of benzene rings is 8. The van der Waals surface area contributed by atoms with Crippen molar-refractivity contribution in [3.05, 3.63) is 181 Å². The van der Waals surface area contributed by atoms with Gasteiger partial charge in [0.25, 0.3) is 0 Å². The Balaban J connectivity index is 1.27. The third kappa shape index (κ3) is 4.24. The van der Waals surface area contributed by atoms with E-state index in [1.165, 1.54) is 66.4 Å². The lowest BCUT2D eigenvalue weighted by atomic mass is 9.44. The Hall–Kier alpha value is -6.98. The summed E-state index contributed by atoms with van der Waals surface area (Å²) in [6.45, 7) is 4.34. The van der Waals surface area contributed by atoms with E-state index < -0.39 is 0 Å². The molecule has 5 heteroatoms. The first-order chi connectivity index (χ1) is 27.1. The zero-order valence-electron chi connectivity index (χ0n) is 30.5. The van der Waals surface area contributed by atoms with Crippen LogP contribution in [-0.2, 0) is 0 Å². The maximum atomic E-state index is 6.64. The maximum Gasteiger partial charge on any atom is 0.333 e. The molecule has 0 radical (unpaired) electrons. The number of hydrogen-bond donors (Lipinski definition) is 0. The van der Waals surface area contributed by atoms with Crippen molar-refractivity contribution in [3.8, 4) is 16.8 Å². The second-order valence-corrected chi connectivity index (χ2v) is 15.1. The van der Waals surface area contributed by atoms with Gasteiger partial charge in [-0.3, -0.25) is 0 Å². The zero-order valence-corrected chi connectivity index (χ0v) is 30.5. The summed E-state index contributed by atoms with van der Waals surface area (Å²) in [6.07, 6.45) is 0. The van der Waals surface area contributed by atoms with Gasteiger partial charge in [0.15, 0.2) is 0 Å². The summed E-state index contributed by atoms with van der Waals surface area (Å²) in [5, 5.41) is 4.79. The highest BCUT2D eigenvalue weighted by Crippen LogP contribution is 2.49. The van der Waals surface area contributed by atoms with Crippen LogP contribution in [0.1, 0.15) is 11.1 Å². The number of furan rings is 1. The second-order valence-electron chi connectivity index (χ2n) is 15.1. The molecule has 4 heterocycles. The van der Waals surface area contributed by atoms with E-state index in [1.807, 2.05) is 0 Å². The fourth-order valence-electron chi connectivity index (χ4n) is 9.65. The number of fused-ring (bicyclic) bond motifs is 10. The molecule has 0 amide bonds. The Bertz CT molecular complexity index is 3160. The highest BCUT2D eigenvalue weighted by molar-refractivity contribution is 6.93. The van der Waals surface area contributed by atoms with Gasteiger partial charge in [-0.25, -0.2) is 0 Å². The van der Waals surface area contributed by atoms with Crippen LogP contribution in [0.15, 0.2) is 174 Å². The standard InChI is InChI=1S/C50H34BN3O/c1-31-24-25-43(32(2)26-31)54-45-30-48-40(37-19-10-12-23-47(37)55-48)29-39(45)41-27-35(52(33-14-5-3-6-15-33)34-16-7-4-8-17-34)28-46-49(41)51(54)42-21-13-20-38-36-18-9-11-22-44(36)53(46)50(38)42/h3-30H,1-2H3. The van der Waals surface area contributed by atoms with Crippen LogP contribution >= 0.6 is 0 Å².